The molecule has 4 fully saturated rings. The van der Waals surface area contributed by atoms with Gasteiger partial charge in [-0.3, -0.25) is 4.90 Å². The van der Waals surface area contributed by atoms with Crippen LogP contribution in [0, 0.1) is 17.8 Å². The van der Waals surface area contributed by atoms with E-state index in [1.807, 2.05) is 0 Å². The zero-order valence-corrected chi connectivity index (χ0v) is 9.84. The van der Waals surface area contributed by atoms with Gasteiger partial charge >= 0.3 is 6.18 Å². The zero-order chi connectivity index (χ0) is 12.0. The molecule has 4 aliphatic rings. The summed E-state index contributed by atoms with van der Waals surface area (Å²) in [6, 6.07) is 0.189. The predicted octanol–water partition coefficient (Wildman–Crippen LogP) is 1.87. The van der Waals surface area contributed by atoms with E-state index in [-0.39, 0.29) is 12.0 Å². The number of alkyl halides is 3. The Balaban J connectivity index is 1.69. The highest BCUT2D eigenvalue weighted by atomic mass is 19.4. The third-order valence-corrected chi connectivity index (χ3v) is 4.86. The van der Waals surface area contributed by atoms with E-state index in [9.17, 15) is 13.2 Å². The van der Waals surface area contributed by atoms with Crippen LogP contribution in [0.4, 0.5) is 13.2 Å². The molecule has 3 aliphatic carbocycles. The van der Waals surface area contributed by atoms with Crippen LogP contribution in [0.3, 0.4) is 0 Å². The molecule has 1 N–H and O–H groups in total. The fraction of sp³-hybridized carbons (Fsp3) is 1.00. The molecule has 1 heterocycles. The largest absolute Gasteiger partial charge is 0.392 e. The maximum atomic E-state index is 12.9. The van der Waals surface area contributed by atoms with Gasteiger partial charge < -0.3 is 5.32 Å². The first-order valence-corrected chi connectivity index (χ1v) is 6.57. The van der Waals surface area contributed by atoms with Crippen LogP contribution in [0.25, 0.3) is 0 Å². The number of nitrogens with zero attached hydrogens (tertiary/aromatic N) is 1. The first-order valence-electron chi connectivity index (χ1n) is 6.57. The monoisotopic (exact) mass is 248 g/mol. The Hall–Kier alpha value is -0.290. The van der Waals surface area contributed by atoms with Crippen LogP contribution in [-0.2, 0) is 0 Å². The molecular formula is C12H19F3N2. The van der Waals surface area contributed by atoms with Crippen LogP contribution < -0.4 is 5.32 Å². The summed E-state index contributed by atoms with van der Waals surface area (Å²) < 4.78 is 38.8. The molecule has 0 aromatic carbocycles. The van der Waals surface area contributed by atoms with E-state index in [0.29, 0.717) is 12.3 Å². The molecule has 3 saturated carbocycles. The summed E-state index contributed by atoms with van der Waals surface area (Å²) >= 11 is 0. The lowest BCUT2D eigenvalue weighted by molar-refractivity contribution is -0.227. The van der Waals surface area contributed by atoms with Crippen molar-refractivity contribution in [2.24, 2.45) is 17.8 Å². The number of halogens is 3. The Morgan fingerprint density at radius 3 is 2.18 bits per heavy atom. The Morgan fingerprint density at radius 1 is 0.941 bits per heavy atom. The molecule has 0 amide bonds. The topological polar surface area (TPSA) is 15.3 Å². The van der Waals surface area contributed by atoms with Gasteiger partial charge in [0, 0.05) is 32.2 Å². The van der Waals surface area contributed by atoms with Crippen molar-refractivity contribution < 1.29 is 13.2 Å². The lowest BCUT2D eigenvalue weighted by atomic mass is 9.57. The van der Waals surface area contributed by atoms with Gasteiger partial charge in [-0.25, -0.2) is 0 Å². The van der Waals surface area contributed by atoms with E-state index in [1.54, 1.807) is 0 Å². The minimum atomic E-state index is -3.98. The lowest BCUT2D eigenvalue weighted by Gasteiger charge is -2.55. The molecule has 2 unspecified atom stereocenters. The maximum Gasteiger partial charge on any atom is 0.392 e. The Labute approximate surface area is 99.5 Å². The molecule has 0 aromatic rings. The van der Waals surface area contributed by atoms with Crippen molar-refractivity contribution in [3.8, 4) is 0 Å². The molecule has 17 heavy (non-hydrogen) atoms. The Bertz CT molecular complexity index is 280. The van der Waals surface area contributed by atoms with Crippen LogP contribution in [-0.4, -0.2) is 43.3 Å². The quantitative estimate of drug-likeness (QED) is 0.762. The third-order valence-electron chi connectivity index (χ3n) is 4.86. The van der Waals surface area contributed by atoms with Crippen LogP contribution in [0.2, 0.25) is 0 Å². The number of hydrogen-bond donors (Lipinski definition) is 1. The van der Waals surface area contributed by atoms with Crippen molar-refractivity contribution in [2.45, 2.75) is 31.5 Å². The van der Waals surface area contributed by atoms with Crippen LogP contribution in [0.5, 0.6) is 0 Å². The summed E-state index contributed by atoms with van der Waals surface area (Å²) in [5.74, 6) is -0.566. The van der Waals surface area contributed by atoms with Crippen LogP contribution >= 0.6 is 0 Å². The van der Waals surface area contributed by atoms with E-state index >= 15 is 0 Å². The van der Waals surface area contributed by atoms with Gasteiger partial charge in [-0.1, -0.05) is 0 Å². The molecule has 5 heteroatoms. The zero-order valence-electron chi connectivity index (χ0n) is 9.84. The van der Waals surface area contributed by atoms with Crippen molar-refractivity contribution in [2.75, 3.05) is 26.2 Å². The molecule has 0 aromatic heterocycles. The molecule has 2 bridgehead atoms. The van der Waals surface area contributed by atoms with Crippen LogP contribution in [0.15, 0.2) is 0 Å². The second-order valence-corrected chi connectivity index (χ2v) is 5.73. The minimum absolute atomic E-state index is 0.0702. The van der Waals surface area contributed by atoms with E-state index in [2.05, 4.69) is 10.2 Å². The summed E-state index contributed by atoms with van der Waals surface area (Å²) in [6.45, 7) is 3.67. The lowest BCUT2D eigenvalue weighted by Crippen LogP contribution is -2.59. The highest BCUT2D eigenvalue weighted by molar-refractivity contribution is 5.01. The van der Waals surface area contributed by atoms with Gasteiger partial charge in [-0.15, -0.1) is 0 Å². The molecule has 1 aliphatic heterocycles. The number of fused-ring (bicyclic) bond motifs is 2. The normalized spacial score (nSPS) is 43.2. The van der Waals surface area contributed by atoms with Gasteiger partial charge in [0.15, 0.2) is 0 Å². The predicted molar refractivity (Wildman–Crippen MR) is 58.6 cm³/mol. The standard InChI is InChI=1S/C12H19F3N2/c13-12(14,15)10-7-11(9-5-8(10)6-9)17-3-1-16-2-4-17/h8-11,16H,1-7H2. The third kappa shape index (κ3) is 2.08. The first kappa shape index (κ1) is 11.8. The van der Waals surface area contributed by atoms with Crippen molar-refractivity contribution in [1.29, 1.82) is 0 Å². The summed E-state index contributed by atoms with van der Waals surface area (Å²) in [4.78, 5) is 2.29. The van der Waals surface area contributed by atoms with Gasteiger partial charge in [0.2, 0.25) is 0 Å². The summed E-state index contributed by atoms with van der Waals surface area (Å²) in [6.07, 6.45) is -2.03. The van der Waals surface area contributed by atoms with Gasteiger partial charge in [0.05, 0.1) is 5.92 Å². The van der Waals surface area contributed by atoms with Gasteiger partial charge in [0.1, 0.15) is 0 Å². The molecule has 98 valence electrons. The Kier molecular flexibility index (Phi) is 2.86. The average Bonchev–Trinajstić information content (AvgIpc) is 2.27. The highest BCUT2D eigenvalue weighted by Gasteiger charge is 2.56. The molecule has 0 spiro atoms. The molecule has 2 atom stereocenters. The van der Waals surface area contributed by atoms with E-state index < -0.39 is 12.1 Å². The second-order valence-electron chi connectivity index (χ2n) is 5.73. The summed E-state index contributed by atoms with van der Waals surface area (Å²) in [7, 11) is 0. The van der Waals surface area contributed by atoms with E-state index in [0.717, 1.165) is 39.0 Å². The van der Waals surface area contributed by atoms with Gasteiger partial charge in [-0.2, -0.15) is 13.2 Å². The highest BCUT2D eigenvalue weighted by Crippen LogP contribution is 2.55. The SMILES string of the molecule is FC(F)(F)C1CC(N2CCNCC2)C2CC1C2. The first-order chi connectivity index (χ1) is 8.05. The molecule has 4 rings (SSSR count). The fourth-order valence-corrected chi connectivity index (χ4v) is 3.86. The van der Waals surface area contributed by atoms with Gasteiger partial charge in [-0.05, 0) is 31.1 Å². The van der Waals surface area contributed by atoms with E-state index in [1.165, 1.54) is 0 Å². The number of hydrogen-bond acceptors (Lipinski definition) is 2. The van der Waals surface area contributed by atoms with Crippen molar-refractivity contribution in [3.63, 3.8) is 0 Å². The second kappa shape index (κ2) is 4.12. The van der Waals surface area contributed by atoms with Crippen molar-refractivity contribution in [1.82, 2.24) is 10.2 Å². The smallest absolute Gasteiger partial charge is 0.314 e. The molecular weight excluding hydrogens is 229 g/mol. The Morgan fingerprint density at radius 2 is 1.59 bits per heavy atom. The van der Waals surface area contributed by atoms with Crippen LogP contribution in [0.1, 0.15) is 19.3 Å². The van der Waals surface area contributed by atoms with Gasteiger partial charge in [0.25, 0.3) is 0 Å². The number of rotatable bonds is 1. The van der Waals surface area contributed by atoms with E-state index in [4.69, 9.17) is 0 Å². The maximum absolute atomic E-state index is 12.9. The number of nitrogens with one attached hydrogen (secondary N) is 1. The summed E-state index contributed by atoms with van der Waals surface area (Å²) in [5.41, 5.74) is 0. The fourth-order valence-electron chi connectivity index (χ4n) is 3.86. The van der Waals surface area contributed by atoms with Crippen molar-refractivity contribution in [3.05, 3.63) is 0 Å². The summed E-state index contributed by atoms with van der Waals surface area (Å²) in [5, 5.41) is 3.26. The number of piperazine rings is 1. The molecule has 1 saturated heterocycles. The molecule has 0 radical (unpaired) electrons. The molecule has 2 nitrogen and oxygen atoms in total. The average molecular weight is 248 g/mol. The van der Waals surface area contributed by atoms with Crippen molar-refractivity contribution >= 4 is 0 Å². The minimum Gasteiger partial charge on any atom is -0.314 e.